The molecule has 0 aliphatic rings. The maximum Gasteiger partial charge on any atom is 0.148 e. The number of nitrogens with two attached hydrogens (primary N) is 1. The third-order valence-corrected chi connectivity index (χ3v) is 3.60. The Morgan fingerprint density at radius 2 is 2.00 bits per heavy atom. The van der Waals surface area contributed by atoms with Crippen LogP contribution in [0.3, 0.4) is 0 Å². The molecule has 2 N–H and O–H groups in total. The van der Waals surface area contributed by atoms with Gasteiger partial charge in [0.05, 0.1) is 5.75 Å². The smallest absolute Gasteiger partial charge is 0.148 e. The van der Waals surface area contributed by atoms with Gasteiger partial charge >= 0.3 is 0 Å². The van der Waals surface area contributed by atoms with E-state index in [0.29, 0.717) is 13.1 Å². The van der Waals surface area contributed by atoms with Crippen molar-refractivity contribution in [3.05, 3.63) is 35.1 Å². The number of hydrogen-bond donors (Lipinski definition) is 1. The molecule has 6 heteroatoms. The Morgan fingerprint density at radius 3 is 2.56 bits per heavy atom. The molecule has 1 aromatic rings. The van der Waals surface area contributed by atoms with Crippen molar-refractivity contribution in [3.8, 4) is 0 Å². The molecule has 1 aromatic carbocycles. The number of sulfone groups is 1. The third-order valence-electron chi connectivity index (χ3n) is 2.67. The molecule has 0 bridgehead atoms. The van der Waals surface area contributed by atoms with Gasteiger partial charge < -0.3 is 10.6 Å². The lowest BCUT2D eigenvalue weighted by atomic mass is 10.1. The van der Waals surface area contributed by atoms with Gasteiger partial charge in [0.15, 0.2) is 0 Å². The zero-order valence-electron chi connectivity index (χ0n) is 10.7. The van der Waals surface area contributed by atoms with Crippen LogP contribution in [-0.4, -0.2) is 38.9 Å². The van der Waals surface area contributed by atoms with Crippen molar-refractivity contribution >= 4 is 9.84 Å². The Hall–Kier alpha value is -0.980. The van der Waals surface area contributed by atoms with Crippen molar-refractivity contribution in [2.24, 2.45) is 5.73 Å². The van der Waals surface area contributed by atoms with E-state index in [9.17, 15) is 12.8 Å². The van der Waals surface area contributed by atoms with Crippen LogP contribution in [0.1, 0.15) is 11.1 Å². The van der Waals surface area contributed by atoms with E-state index in [0.717, 1.165) is 11.1 Å². The van der Waals surface area contributed by atoms with E-state index in [1.165, 1.54) is 18.4 Å². The maximum atomic E-state index is 13.0. The number of hydrogen-bond acceptors (Lipinski definition) is 4. The van der Waals surface area contributed by atoms with Gasteiger partial charge in [0, 0.05) is 25.9 Å². The second kappa shape index (κ2) is 6.26. The normalized spacial score (nSPS) is 12.1. The van der Waals surface area contributed by atoms with E-state index >= 15 is 0 Å². The summed E-state index contributed by atoms with van der Waals surface area (Å²) in [6.07, 6.45) is 1.21. The first-order chi connectivity index (χ1) is 8.31. The van der Waals surface area contributed by atoms with Crippen LogP contribution in [0.5, 0.6) is 0 Å². The first-order valence-electron chi connectivity index (χ1n) is 5.65. The maximum absolute atomic E-state index is 13.0. The van der Waals surface area contributed by atoms with Gasteiger partial charge in [0.2, 0.25) is 0 Å². The molecule has 0 saturated carbocycles. The molecule has 0 unspecified atom stereocenters. The van der Waals surface area contributed by atoms with Crippen LogP contribution >= 0.6 is 0 Å². The molecule has 1 rings (SSSR count). The fourth-order valence-electron chi connectivity index (χ4n) is 1.63. The largest absolute Gasteiger partial charge is 0.326 e. The van der Waals surface area contributed by atoms with Crippen LogP contribution in [0.15, 0.2) is 18.2 Å². The molecular formula is C12H19FN2O2S. The first kappa shape index (κ1) is 15.1. The molecular weight excluding hydrogens is 255 g/mol. The SMILES string of the molecule is CN(CCS(C)(=O)=O)Cc1ccc(F)cc1CN. The molecule has 4 nitrogen and oxygen atoms in total. The summed E-state index contributed by atoms with van der Waals surface area (Å²) in [6, 6.07) is 4.49. The summed E-state index contributed by atoms with van der Waals surface area (Å²) in [5, 5.41) is 0. The van der Waals surface area contributed by atoms with Gasteiger partial charge in [-0.15, -0.1) is 0 Å². The number of halogens is 1. The van der Waals surface area contributed by atoms with E-state index < -0.39 is 9.84 Å². The highest BCUT2D eigenvalue weighted by atomic mass is 32.2. The van der Waals surface area contributed by atoms with Gasteiger partial charge in [-0.1, -0.05) is 6.07 Å². The van der Waals surface area contributed by atoms with Gasteiger partial charge in [-0.25, -0.2) is 12.8 Å². The van der Waals surface area contributed by atoms with Crippen molar-refractivity contribution in [2.45, 2.75) is 13.1 Å². The quantitative estimate of drug-likeness (QED) is 0.832. The topological polar surface area (TPSA) is 63.4 Å². The second-order valence-corrected chi connectivity index (χ2v) is 6.74. The Morgan fingerprint density at radius 1 is 1.33 bits per heavy atom. The van der Waals surface area contributed by atoms with E-state index in [4.69, 9.17) is 5.73 Å². The Labute approximate surface area is 108 Å². The molecule has 102 valence electrons. The van der Waals surface area contributed by atoms with Crippen LogP contribution in [0, 0.1) is 5.82 Å². The number of nitrogens with zero attached hydrogens (tertiary/aromatic N) is 1. The van der Waals surface area contributed by atoms with E-state index in [1.807, 2.05) is 11.9 Å². The minimum Gasteiger partial charge on any atom is -0.326 e. The van der Waals surface area contributed by atoms with Crippen molar-refractivity contribution < 1.29 is 12.8 Å². The molecule has 0 radical (unpaired) electrons. The Kier molecular flexibility index (Phi) is 5.25. The summed E-state index contributed by atoms with van der Waals surface area (Å²) in [6.45, 7) is 1.27. The van der Waals surface area contributed by atoms with Gasteiger partial charge in [0.25, 0.3) is 0 Å². The molecule has 0 aliphatic carbocycles. The monoisotopic (exact) mass is 274 g/mol. The van der Waals surface area contributed by atoms with Crippen molar-refractivity contribution in [1.82, 2.24) is 4.90 Å². The Bertz CT molecular complexity index is 503. The van der Waals surface area contributed by atoms with Gasteiger partial charge in [-0.2, -0.15) is 0 Å². The summed E-state index contributed by atoms with van der Waals surface area (Å²) in [7, 11) is -1.13. The highest BCUT2D eigenvalue weighted by molar-refractivity contribution is 7.90. The summed E-state index contributed by atoms with van der Waals surface area (Å²) in [5.74, 6) is -0.194. The highest BCUT2D eigenvalue weighted by Crippen LogP contribution is 2.12. The van der Waals surface area contributed by atoms with Crippen LogP contribution in [-0.2, 0) is 22.9 Å². The standard InChI is InChI=1S/C12H19FN2O2S/c1-15(5-6-18(2,16)17)9-10-3-4-12(13)7-11(10)8-14/h3-4,7H,5-6,8-9,14H2,1-2H3. The fraction of sp³-hybridized carbons (Fsp3) is 0.500. The van der Waals surface area contributed by atoms with E-state index in [1.54, 1.807) is 6.07 Å². The Balaban J connectivity index is 2.67. The van der Waals surface area contributed by atoms with Gasteiger partial charge in [-0.3, -0.25) is 0 Å². The number of rotatable bonds is 6. The number of benzene rings is 1. The summed E-state index contributed by atoms with van der Waals surface area (Å²) in [4.78, 5) is 1.88. The van der Waals surface area contributed by atoms with Gasteiger partial charge in [0.1, 0.15) is 15.7 Å². The lowest BCUT2D eigenvalue weighted by molar-refractivity contribution is 0.345. The second-order valence-electron chi connectivity index (χ2n) is 4.48. The summed E-state index contributed by atoms with van der Waals surface area (Å²) < 4.78 is 35.1. The van der Waals surface area contributed by atoms with Crippen LogP contribution in [0.2, 0.25) is 0 Å². The zero-order valence-corrected chi connectivity index (χ0v) is 11.5. The highest BCUT2D eigenvalue weighted by Gasteiger charge is 2.09. The molecule has 0 atom stereocenters. The minimum absolute atomic E-state index is 0.114. The first-order valence-corrected chi connectivity index (χ1v) is 7.71. The third kappa shape index (κ3) is 5.12. The molecule has 0 spiro atoms. The van der Waals surface area contributed by atoms with E-state index in [2.05, 4.69) is 0 Å². The minimum atomic E-state index is -2.96. The van der Waals surface area contributed by atoms with E-state index in [-0.39, 0.29) is 18.1 Å². The predicted octanol–water partition coefficient (Wildman–Crippen LogP) is 0.761. The lowest BCUT2D eigenvalue weighted by Crippen LogP contribution is -2.25. The lowest BCUT2D eigenvalue weighted by Gasteiger charge is -2.18. The molecule has 0 heterocycles. The zero-order chi connectivity index (χ0) is 13.8. The van der Waals surface area contributed by atoms with Crippen LogP contribution in [0.25, 0.3) is 0 Å². The molecule has 0 aromatic heterocycles. The summed E-state index contributed by atoms with van der Waals surface area (Å²) >= 11 is 0. The molecule has 0 saturated heterocycles. The molecule has 18 heavy (non-hydrogen) atoms. The van der Waals surface area contributed by atoms with Crippen molar-refractivity contribution in [2.75, 3.05) is 25.6 Å². The summed E-state index contributed by atoms with van der Waals surface area (Å²) in [5.41, 5.74) is 7.23. The average molecular weight is 274 g/mol. The average Bonchev–Trinajstić information content (AvgIpc) is 2.28. The predicted molar refractivity (Wildman–Crippen MR) is 70.3 cm³/mol. The molecule has 0 amide bonds. The van der Waals surface area contributed by atoms with Gasteiger partial charge in [-0.05, 0) is 30.3 Å². The van der Waals surface area contributed by atoms with Crippen LogP contribution in [0.4, 0.5) is 4.39 Å². The van der Waals surface area contributed by atoms with Crippen molar-refractivity contribution in [1.29, 1.82) is 0 Å². The fourth-order valence-corrected chi connectivity index (χ4v) is 2.27. The molecule has 0 fully saturated rings. The van der Waals surface area contributed by atoms with Crippen molar-refractivity contribution in [3.63, 3.8) is 0 Å². The van der Waals surface area contributed by atoms with Crippen LogP contribution < -0.4 is 5.73 Å². The molecule has 0 aliphatic heterocycles.